The fraction of sp³-hybridized carbons (Fsp3) is 0.600. The van der Waals surface area contributed by atoms with Crippen LogP contribution in [0.2, 0.25) is 0 Å². The molecule has 0 aromatic heterocycles. The van der Waals surface area contributed by atoms with Crippen LogP contribution in [0.3, 0.4) is 0 Å². The van der Waals surface area contributed by atoms with E-state index in [4.69, 9.17) is 9.05 Å². The van der Waals surface area contributed by atoms with E-state index in [0.717, 1.165) is 0 Å². The standard InChI is InChI=1S/C10H20NO3P/c1-5-9-11(10-6-2)15(12,13-7-3)14-8-4/h5-6H,1-2,7-10H2,3-4H3. The fourth-order valence-electron chi connectivity index (χ4n) is 1.10. The molecule has 0 saturated heterocycles. The van der Waals surface area contributed by atoms with Crippen LogP contribution in [0.25, 0.3) is 0 Å². The van der Waals surface area contributed by atoms with Crippen molar-refractivity contribution in [2.24, 2.45) is 0 Å². The molecule has 4 nitrogen and oxygen atoms in total. The highest BCUT2D eigenvalue weighted by molar-refractivity contribution is 7.51. The van der Waals surface area contributed by atoms with Crippen molar-refractivity contribution in [1.29, 1.82) is 0 Å². The summed E-state index contributed by atoms with van der Waals surface area (Å²) in [5.41, 5.74) is 0. The van der Waals surface area contributed by atoms with Crippen molar-refractivity contribution in [3.63, 3.8) is 0 Å². The molecule has 0 fully saturated rings. The smallest absolute Gasteiger partial charge is 0.297 e. The number of hydrogen-bond acceptors (Lipinski definition) is 3. The van der Waals surface area contributed by atoms with Gasteiger partial charge in [0.25, 0.3) is 0 Å². The molecule has 15 heavy (non-hydrogen) atoms. The molecule has 0 aromatic rings. The lowest BCUT2D eigenvalue weighted by atomic mass is 10.5. The second-order valence-electron chi connectivity index (χ2n) is 2.75. The van der Waals surface area contributed by atoms with E-state index in [1.165, 1.54) is 0 Å². The molecular weight excluding hydrogens is 213 g/mol. The van der Waals surface area contributed by atoms with Crippen LogP contribution in [0.5, 0.6) is 0 Å². The van der Waals surface area contributed by atoms with Crippen molar-refractivity contribution >= 4 is 7.75 Å². The average Bonchev–Trinajstić information content (AvgIpc) is 2.18. The Labute approximate surface area is 92.2 Å². The van der Waals surface area contributed by atoms with E-state index < -0.39 is 7.75 Å². The largest absolute Gasteiger partial charge is 0.408 e. The van der Waals surface area contributed by atoms with Gasteiger partial charge < -0.3 is 0 Å². The van der Waals surface area contributed by atoms with E-state index in [0.29, 0.717) is 26.3 Å². The van der Waals surface area contributed by atoms with Crippen LogP contribution in [-0.4, -0.2) is 31.0 Å². The zero-order chi connectivity index (χ0) is 11.7. The van der Waals surface area contributed by atoms with Crippen molar-refractivity contribution in [2.75, 3.05) is 26.3 Å². The van der Waals surface area contributed by atoms with Crippen LogP contribution in [0, 0.1) is 0 Å². The quantitative estimate of drug-likeness (QED) is 0.453. The van der Waals surface area contributed by atoms with Crippen LogP contribution < -0.4 is 0 Å². The van der Waals surface area contributed by atoms with Crippen LogP contribution in [-0.2, 0) is 13.6 Å². The van der Waals surface area contributed by atoms with Crippen molar-refractivity contribution in [3.05, 3.63) is 25.3 Å². The second-order valence-corrected chi connectivity index (χ2v) is 4.77. The van der Waals surface area contributed by atoms with Gasteiger partial charge in [-0.2, -0.15) is 0 Å². The molecule has 0 aliphatic rings. The summed E-state index contributed by atoms with van der Waals surface area (Å²) in [6.45, 7) is 12.4. The summed E-state index contributed by atoms with van der Waals surface area (Å²) in [6.07, 6.45) is 3.32. The fourth-order valence-corrected chi connectivity index (χ4v) is 2.78. The molecule has 0 aliphatic heterocycles. The van der Waals surface area contributed by atoms with Crippen molar-refractivity contribution in [1.82, 2.24) is 4.67 Å². The van der Waals surface area contributed by atoms with Gasteiger partial charge in [0.05, 0.1) is 13.2 Å². The zero-order valence-electron chi connectivity index (χ0n) is 9.52. The summed E-state index contributed by atoms with van der Waals surface area (Å²) in [5.74, 6) is 0. The van der Waals surface area contributed by atoms with Crippen LogP contribution in [0.4, 0.5) is 0 Å². The average molecular weight is 233 g/mol. The van der Waals surface area contributed by atoms with Gasteiger partial charge in [-0.3, -0.25) is 9.05 Å². The highest BCUT2D eigenvalue weighted by atomic mass is 31.2. The molecule has 0 amide bonds. The minimum absolute atomic E-state index is 0.349. The predicted octanol–water partition coefficient (Wildman–Crippen LogP) is 2.84. The summed E-state index contributed by atoms with van der Waals surface area (Å²) in [4.78, 5) is 0. The third-order valence-electron chi connectivity index (χ3n) is 1.61. The first-order valence-electron chi connectivity index (χ1n) is 5.00. The summed E-state index contributed by atoms with van der Waals surface area (Å²) in [7, 11) is -3.17. The molecule has 0 unspecified atom stereocenters. The van der Waals surface area contributed by atoms with E-state index in [1.54, 1.807) is 30.7 Å². The van der Waals surface area contributed by atoms with E-state index >= 15 is 0 Å². The Morgan fingerprint density at radius 2 is 1.53 bits per heavy atom. The minimum Gasteiger partial charge on any atom is -0.297 e. The van der Waals surface area contributed by atoms with Gasteiger partial charge >= 0.3 is 7.75 Å². The van der Waals surface area contributed by atoms with Crippen molar-refractivity contribution in [2.45, 2.75) is 13.8 Å². The maximum Gasteiger partial charge on any atom is 0.408 e. The maximum atomic E-state index is 12.3. The summed E-state index contributed by atoms with van der Waals surface area (Å²) in [5, 5.41) is 0. The Bertz CT molecular complexity index is 223. The van der Waals surface area contributed by atoms with Crippen molar-refractivity contribution < 1.29 is 13.6 Å². The molecule has 0 radical (unpaired) electrons. The van der Waals surface area contributed by atoms with E-state index in [-0.39, 0.29) is 0 Å². The molecule has 0 saturated carbocycles. The van der Waals surface area contributed by atoms with Crippen LogP contribution in [0.15, 0.2) is 25.3 Å². The number of rotatable bonds is 9. The molecule has 5 heteroatoms. The van der Waals surface area contributed by atoms with Gasteiger partial charge in [0.15, 0.2) is 0 Å². The summed E-state index contributed by atoms with van der Waals surface area (Å²) < 4.78 is 24.3. The lowest BCUT2D eigenvalue weighted by Gasteiger charge is -2.27. The Morgan fingerprint density at radius 1 is 1.13 bits per heavy atom. The predicted molar refractivity (Wildman–Crippen MR) is 62.8 cm³/mol. The number of hydrogen-bond donors (Lipinski definition) is 0. The molecule has 0 rings (SSSR count). The third kappa shape index (κ3) is 4.76. The Morgan fingerprint density at radius 3 is 1.80 bits per heavy atom. The molecule has 88 valence electrons. The molecule has 0 aliphatic carbocycles. The summed E-state index contributed by atoms with van der Waals surface area (Å²) >= 11 is 0. The second kappa shape index (κ2) is 7.83. The maximum absolute atomic E-state index is 12.3. The Hall–Kier alpha value is -0.410. The van der Waals surface area contributed by atoms with Gasteiger partial charge in [-0.1, -0.05) is 12.2 Å². The Balaban J connectivity index is 4.71. The molecule has 0 aromatic carbocycles. The Kier molecular flexibility index (Phi) is 7.61. The van der Waals surface area contributed by atoms with Gasteiger partial charge in [-0.05, 0) is 13.8 Å². The summed E-state index contributed by atoms with van der Waals surface area (Å²) in [6, 6.07) is 0. The molecule has 0 atom stereocenters. The minimum atomic E-state index is -3.17. The highest BCUT2D eigenvalue weighted by Gasteiger charge is 2.31. The first-order chi connectivity index (χ1) is 7.14. The SMILES string of the molecule is C=CCN(CC=C)P(=O)(OCC)OCC. The number of nitrogens with zero attached hydrogens (tertiary/aromatic N) is 1. The van der Waals surface area contributed by atoms with Gasteiger partial charge in [-0.25, -0.2) is 9.24 Å². The molecule has 0 spiro atoms. The topological polar surface area (TPSA) is 38.8 Å². The van der Waals surface area contributed by atoms with E-state index in [1.807, 2.05) is 0 Å². The lowest BCUT2D eigenvalue weighted by molar-refractivity contribution is 0.176. The first-order valence-corrected chi connectivity index (χ1v) is 6.50. The van der Waals surface area contributed by atoms with Gasteiger partial charge in [0, 0.05) is 13.1 Å². The van der Waals surface area contributed by atoms with E-state index in [2.05, 4.69) is 13.2 Å². The van der Waals surface area contributed by atoms with Gasteiger partial charge in [-0.15, -0.1) is 13.2 Å². The third-order valence-corrected chi connectivity index (χ3v) is 3.80. The molecule has 0 N–H and O–H groups in total. The normalized spacial score (nSPS) is 11.7. The highest BCUT2D eigenvalue weighted by Crippen LogP contribution is 2.51. The van der Waals surface area contributed by atoms with Crippen LogP contribution in [0.1, 0.15) is 13.8 Å². The molecule has 0 heterocycles. The monoisotopic (exact) mass is 233 g/mol. The van der Waals surface area contributed by atoms with Crippen LogP contribution >= 0.6 is 7.75 Å². The lowest BCUT2D eigenvalue weighted by Crippen LogP contribution is -2.23. The van der Waals surface area contributed by atoms with Gasteiger partial charge in [0.2, 0.25) is 0 Å². The zero-order valence-corrected chi connectivity index (χ0v) is 10.4. The molecule has 0 bridgehead atoms. The molecular formula is C10H20NO3P. The van der Waals surface area contributed by atoms with Gasteiger partial charge in [0.1, 0.15) is 0 Å². The van der Waals surface area contributed by atoms with E-state index in [9.17, 15) is 4.57 Å². The first kappa shape index (κ1) is 14.6. The van der Waals surface area contributed by atoms with Crippen molar-refractivity contribution in [3.8, 4) is 0 Å².